The molecule has 0 unspecified atom stereocenters. The number of urea groups is 1. The molecule has 1 fully saturated rings. The van der Waals surface area contributed by atoms with Crippen LogP contribution in [0.2, 0.25) is 0 Å². The van der Waals surface area contributed by atoms with Crippen molar-refractivity contribution in [3.63, 3.8) is 0 Å². The predicted octanol–water partition coefficient (Wildman–Crippen LogP) is 2.39. The number of carboxylic acids is 1. The minimum atomic E-state index is -0.803. The van der Waals surface area contributed by atoms with Crippen LogP contribution in [0.5, 0.6) is 0 Å². The van der Waals surface area contributed by atoms with Crippen LogP contribution in [0.1, 0.15) is 42.0 Å². The highest BCUT2D eigenvalue weighted by molar-refractivity contribution is 5.74. The molecule has 3 N–H and O–H groups in total. The van der Waals surface area contributed by atoms with E-state index in [4.69, 9.17) is 5.11 Å². The lowest BCUT2D eigenvalue weighted by molar-refractivity contribution is -0.139. The van der Waals surface area contributed by atoms with E-state index in [0.717, 1.165) is 19.3 Å². The summed E-state index contributed by atoms with van der Waals surface area (Å²) in [5, 5.41) is 14.8. The number of carboxylic acid groups (broad SMARTS) is 1. The van der Waals surface area contributed by atoms with Crippen LogP contribution in [0, 0.1) is 20.8 Å². The molecular weight excluding hydrogens is 330 g/mol. The van der Waals surface area contributed by atoms with Gasteiger partial charge >= 0.3 is 12.0 Å². The summed E-state index contributed by atoms with van der Waals surface area (Å²) in [6.45, 7) is 9.66. The molecule has 1 aromatic rings. The molecule has 144 valence electrons. The zero-order valence-electron chi connectivity index (χ0n) is 16.3. The van der Waals surface area contributed by atoms with Gasteiger partial charge in [-0.3, -0.25) is 9.69 Å². The SMILES string of the molecule is CCN(CC(=O)O)C1CC(NC(=O)NCCc2c(C)cc(C)cc2C)C1. The highest BCUT2D eigenvalue weighted by Crippen LogP contribution is 2.25. The molecule has 1 aliphatic rings. The molecule has 26 heavy (non-hydrogen) atoms. The molecule has 0 radical (unpaired) electrons. The first-order valence-electron chi connectivity index (χ1n) is 9.37. The van der Waals surface area contributed by atoms with Crippen LogP contribution < -0.4 is 10.6 Å². The Balaban J connectivity index is 1.70. The van der Waals surface area contributed by atoms with Gasteiger partial charge in [0.2, 0.25) is 0 Å². The first-order chi connectivity index (χ1) is 12.3. The van der Waals surface area contributed by atoms with Crippen LogP contribution in [0.3, 0.4) is 0 Å². The van der Waals surface area contributed by atoms with Gasteiger partial charge in [-0.05, 0) is 63.3 Å². The van der Waals surface area contributed by atoms with E-state index in [2.05, 4.69) is 43.5 Å². The lowest BCUT2D eigenvalue weighted by Gasteiger charge is -2.42. The Morgan fingerprint density at radius 3 is 2.35 bits per heavy atom. The topological polar surface area (TPSA) is 81.7 Å². The standard InChI is InChI=1S/C20H31N3O3/c1-5-23(12-19(24)25)17-10-16(11-17)22-20(26)21-7-6-18-14(3)8-13(2)9-15(18)4/h8-9,16-17H,5-7,10-12H2,1-4H3,(H,24,25)(H2,21,22,26). The fraction of sp³-hybridized carbons (Fsp3) is 0.600. The van der Waals surface area contributed by atoms with Gasteiger partial charge < -0.3 is 15.7 Å². The summed E-state index contributed by atoms with van der Waals surface area (Å²) < 4.78 is 0. The first kappa shape index (κ1) is 20.2. The maximum absolute atomic E-state index is 12.1. The highest BCUT2D eigenvalue weighted by Gasteiger charge is 2.34. The van der Waals surface area contributed by atoms with Crippen molar-refractivity contribution in [1.82, 2.24) is 15.5 Å². The van der Waals surface area contributed by atoms with Crippen molar-refractivity contribution in [2.45, 2.75) is 59.0 Å². The number of nitrogens with zero attached hydrogens (tertiary/aromatic N) is 1. The third-order valence-corrected chi connectivity index (χ3v) is 5.21. The quantitative estimate of drug-likeness (QED) is 0.664. The summed E-state index contributed by atoms with van der Waals surface area (Å²) in [4.78, 5) is 24.9. The number of benzene rings is 1. The van der Waals surface area contributed by atoms with Crippen molar-refractivity contribution in [2.75, 3.05) is 19.6 Å². The lowest BCUT2D eigenvalue weighted by Crippen LogP contribution is -2.56. The molecular formula is C20H31N3O3. The van der Waals surface area contributed by atoms with Crippen molar-refractivity contribution < 1.29 is 14.7 Å². The molecule has 0 bridgehead atoms. The molecule has 1 saturated carbocycles. The van der Waals surface area contributed by atoms with Crippen molar-refractivity contribution in [1.29, 1.82) is 0 Å². The number of carbonyl (C=O) groups excluding carboxylic acids is 1. The molecule has 0 aliphatic heterocycles. The van der Waals surface area contributed by atoms with Crippen LogP contribution >= 0.6 is 0 Å². The molecule has 0 aromatic heterocycles. The van der Waals surface area contributed by atoms with E-state index in [-0.39, 0.29) is 24.7 Å². The van der Waals surface area contributed by atoms with E-state index in [9.17, 15) is 9.59 Å². The second kappa shape index (κ2) is 9.03. The normalized spacial score (nSPS) is 19.1. The summed E-state index contributed by atoms with van der Waals surface area (Å²) in [6.07, 6.45) is 2.44. The molecule has 0 spiro atoms. The van der Waals surface area contributed by atoms with Gasteiger partial charge in [0.05, 0.1) is 6.54 Å². The van der Waals surface area contributed by atoms with Crippen LogP contribution in [-0.2, 0) is 11.2 Å². The van der Waals surface area contributed by atoms with E-state index >= 15 is 0 Å². The van der Waals surface area contributed by atoms with Crippen molar-refractivity contribution in [2.24, 2.45) is 0 Å². The van der Waals surface area contributed by atoms with Crippen molar-refractivity contribution in [3.8, 4) is 0 Å². The zero-order chi connectivity index (χ0) is 19.3. The largest absolute Gasteiger partial charge is 0.480 e. The Bertz CT molecular complexity index is 631. The summed E-state index contributed by atoms with van der Waals surface area (Å²) in [5.41, 5.74) is 5.10. The molecule has 1 aliphatic carbocycles. The second-order valence-electron chi connectivity index (χ2n) is 7.31. The van der Waals surface area contributed by atoms with Crippen LogP contribution in [-0.4, -0.2) is 53.7 Å². The van der Waals surface area contributed by atoms with Crippen LogP contribution in [0.25, 0.3) is 0 Å². The van der Waals surface area contributed by atoms with E-state index in [0.29, 0.717) is 13.1 Å². The van der Waals surface area contributed by atoms with E-state index in [1.165, 1.54) is 22.3 Å². The van der Waals surface area contributed by atoms with Gasteiger partial charge in [0.15, 0.2) is 0 Å². The Hall–Kier alpha value is -2.08. The molecule has 2 rings (SSSR count). The predicted molar refractivity (Wildman–Crippen MR) is 103 cm³/mol. The number of aliphatic carboxylic acids is 1. The monoisotopic (exact) mass is 361 g/mol. The maximum atomic E-state index is 12.1. The summed E-state index contributed by atoms with van der Waals surface area (Å²) >= 11 is 0. The van der Waals surface area contributed by atoms with Gasteiger partial charge in [-0.25, -0.2) is 4.79 Å². The summed E-state index contributed by atoms with van der Waals surface area (Å²) in [7, 11) is 0. The van der Waals surface area contributed by atoms with Crippen molar-refractivity contribution in [3.05, 3.63) is 34.4 Å². The molecule has 0 atom stereocenters. The molecule has 1 aromatic carbocycles. The van der Waals surface area contributed by atoms with E-state index in [1.807, 2.05) is 11.8 Å². The van der Waals surface area contributed by atoms with Gasteiger partial charge in [0.1, 0.15) is 0 Å². The maximum Gasteiger partial charge on any atom is 0.317 e. The van der Waals surface area contributed by atoms with Gasteiger partial charge in [0, 0.05) is 18.6 Å². The molecule has 0 heterocycles. The summed E-state index contributed by atoms with van der Waals surface area (Å²) in [5.74, 6) is -0.803. The second-order valence-corrected chi connectivity index (χ2v) is 7.31. The number of carbonyl (C=O) groups is 2. The number of nitrogens with one attached hydrogen (secondary N) is 2. The van der Waals surface area contributed by atoms with Gasteiger partial charge in [0.25, 0.3) is 0 Å². The summed E-state index contributed by atoms with van der Waals surface area (Å²) in [6, 6.07) is 4.59. The lowest BCUT2D eigenvalue weighted by atomic mass is 9.85. The number of rotatable bonds is 8. The fourth-order valence-electron chi connectivity index (χ4n) is 3.82. The highest BCUT2D eigenvalue weighted by atomic mass is 16.4. The van der Waals surface area contributed by atoms with Crippen LogP contribution in [0.15, 0.2) is 12.1 Å². The number of aryl methyl sites for hydroxylation is 3. The number of hydrogen-bond acceptors (Lipinski definition) is 3. The van der Waals surface area contributed by atoms with Crippen LogP contribution in [0.4, 0.5) is 4.79 Å². The fourth-order valence-corrected chi connectivity index (χ4v) is 3.82. The third-order valence-electron chi connectivity index (χ3n) is 5.21. The average Bonchev–Trinajstić information content (AvgIpc) is 2.50. The number of amides is 2. The number of hydrogen-bond donors (Lipinski definition) is 3. The van der Waals surface area contributed by atoms with E-state index in [1.54, 1.807) is 0 Å². The third kappa shape index (κ3) is 5.46. The van der Waals surface area contributed by atoms with Gasteiger partial charge in [-0.1, -0.05) is 24.6 Å². The van der Waals surface area contributed by atoms with Gasteiger partial charge in [-0.15, -0.1) is 0 Å². The minimum absolute atomic E-state index is 0.0648. The van der Waals surface area contributed by atoms with Gasteiger partial charge in [-0.2, -0.15) is 0 Å². The number of likely N-dealkylation sites (N-methyl/N-ethyl adjacent to an activating group) is 1. The Morgan fingerprint density at radius 2 is 1.81 bits per heavy atom. The Labute approximate surface area is 156 Å². The Morgan fingerprint density at radius 1 is 1.19 bits per heavy atom. The first-order valence-corrected chi connectivity index (χ1v) is 9.37. The molecule has 2 amide bonds. The molecule has 0 saturated heterocycles. The average molecular weight is 361 g/mol. The molecule has 6 nitrogen and oxygen atoms in total. The Kier molecular flexibility index (Phi) is 7.03. The van der Waals surface area contributed by atoms with Crippen molar-refractivity contribution >= 4 is 12.0 Å². The smallest absolute Gasteiger partial charge is 0.317 e. The zero-order valence-corrected chi connectivity index (χ0v) is 16.3. The van der Waals surface area contributed by atoms with E-state index < -0.39 is 5.97 Å². The minimum Gasteiger partial charge on any atom is -0.480 e. The molecule has 6 heteroatoms.